The van der Waals surface area contributed by atoms with Crippen LogP contribution in [0.25, 0.3) is 11.5 Å². The molecule has 110 valence electrons. The van der Waals surface area contributed by atoms with Crippen LogP contribution in [0.15, 0.2) is 12.1 Å². The van der Waals surface area contributed by atoms with Crippen molar-refractivity contribution in [2.75, 3.05) is 19.0 Å². The maximum Gasteiger partial charge on any atom is 0.233 e. The minimum absolute atomic E-state index is 0.485. The summed E-state index contributed by atoms with van der Waals surface area (Å²) in [6.45, 7) is 2.88. The minimum Gasteiger partial charge on any atom is -0.480 e. The molecule has 1 aliphatic rings. The Kier molecular flexibility index (Phi) is 4.18. The summed E-state index contributed by atoms with van der Waals surface area (Å²) in [5.74, 6) is 2.53. The van der Waals surface area contributed by atoms with Crippen molar-refractivity contribution in [3.8, 4) is 17.4 Å². The second kappa shape index (κ2) is 6.08. The number of hydrogen-bond acceptors (Lipinski definition) is 6. The summed E-state index contributed by atoms with van der Waals surface area (Å²) in [7, 11) is 1.57. The van der Waals surface area contributed by atoms with E-state index >= 15 is 0 Å². The van der Waals surface area contributed by atoms with Crippen LogP contribution in [0.1, 0.15) is 31.4 Å². The highest BCUT2D eigenvalue weighted by Crippen LogP contribution is 2.42. The molecule has 0 saturated heterocycles. The lowest BCUT2D eigenvalue weighted by molar-refractivity contribution is 0.392. The molecule has 2 aromatic heterocycles. The summed E-state index contributed by atoms with van der Waals surface area (Å²) >= 11 is 2.32. The smallest absolute Gasteiger partial charge is 0.233 e. The van der Waals surface area contributed by atoms with Gasteiger partial charge in [-0.25, -0.2) is 9.97 Å². The zero-order chi connectivity index (χ0) is 14.8. The molecule has 0 atom stereocenters. The van der Waals surface area contributed by atoms with E-state index in [1.807, 2.05) is 6.07 Å². The van der Waals surface area contributed by atoms with Crippen LogP contribution in [0.4, 0.5) is 5.82 Å². The monoisotopic (exact) mass is 397 g/mol. The largest absolute Gasteiger partial charge is 0.480 e. The highest BCUT2D eigenvalue weighted by atomic mass is 127. The van der Waals surface area contributed by atoms with Crippen LogP contribution >= 0.6 is 22.6 Å². The first-order chi connectivity index (χ1) is 10.2. The third-order valence-electron chi connectivity index (χ3n) is 3.26. The fourth-order valence-corrected chi connectivity index (χ4v) is 2.91. The molecule has 0 aromatic carbocycles. The molecule has 2 aromatic rings. The number of nitrogens with one attached hydrogen (secondary N) is 1. The van der Waals surface area contributed by atoms with Gasteiger partial charge >= 0.3 is 0 Å². The molecule has 0 bridgehead atoms. The van der Waals surface area contributed by atoms with E-state index in [1.54, 1.807) is 13.2 Å². The van der Waals surface area contributed by atoms with Gasteiger partial charge in [-0.3, -0.25) is 0 Å². The van der Waals surface area contributed by atoms with Crippen LogP contribution in [0.2, 0.25) is 0 Å². The molecular weight excluding hydrogens is 381 g/mol. The molecule has 2 heterocycles. The Morgan fingerprint density at radius 2 is 2.10 bits per heavy atom. The van der Waals surface area contributed by atoms with Crippen molar-refractivity contribution >= 4 is 28.4 Å². The van der Waals surface area contributed by atoms with Gasteiger partial charge in [0.15, 0.2) is 5.82 Å². The van der Waals surface area contributed by atoms with Gasteiger partial charge in [0.25, 0.3) is 0 Å². The van der Waals surface area contributed by atoms with Crippen LogP contribution in [0, 0.1) is 3.57 Å². The first-order valence-corrected chi connectivity index (χ1v) is 8.00. The molecule has 6 nitrogen and oxygen atoms in total. The predicted molar refractivity (Wildman–Crippen MR) is 88.5 cm³/mol. The molecule has 3 rings (SSSR count). The van der Waals surface area contributed by atoms with Gasteiger partial charge in [-0.15, -0.1) is 10.2 Å². The lowest BCUT2D eigenvalue weighted by atomic mass is 10.2. The zero-order valence-electron chi connectivity index (χ0n) is 11.9. The fourth-order valence-electron chi connectivity index (χ4n) is 2.04. The average molecular weight is 397 g/mol. The molecule has 1 aliphatic carbocycles. The summed E-state index contributed by atoms with van der Waals surface area (Å²) < 4.78 is 6.14. The minimum atomic E-state index is 0.485. The Hall–Kier alpha value is -1.51. The van der Waals surface area contributed by atoms with E-state index in [4.69, 9.17) is 9.72 Å². The van der Waals surface area contributed by atoms with Crippen LogP contribution in [0.5, 0.6) is 5.88 Å². The van der Waals surface area contributed by atoms with Crippen molar-refractivity contribution < 1.29 is 4.74 Å². The summed E-state index contributed by atoms with van der Waals surface area (Å²) in [6, 6.07) is 3.60. The van der Waals surface area contributed by atoms with Gasteiger partial charge < -0.3 is 10.1 Å². The van der Waals surface area contributed by atoms with E-state index in [2.05, 4.69) is 50.0 Å². The molecule has 0 radical (unpaired) electrons. The van der Waals surface area contributed by atoms with Crippen molar-refractivity contribution in [1.29, 1.82) is 0 Å². The highest BCUT2D eigenvalue weighted by molar-refractivity contribution is 14.1. The number of anilines is 1. The standard InChI is InChI=1S/C14H16IN5O/c1-3-16-14-11(15)12(8-4-5-8)17-13(18-14)9-6-7-10(21-2)20-19-9/h6-8H,3-5H2,1-2H3,(H,16,17,18). The predicted octanol–water partition coefficient (Wildman–Crippen LogP) is 2.86. The van der Waals surface area contributed by atoms with E-state index in [0.29, 0.717) is 23.3 Å². The maximum atomic E-state index is 5.03. The third kappa shape index (κ3) is 3.07. The molecule has 21 heavy (non-hydrogen) atoms. The highest BCUT2D eigenvalue weighted by Gasteiger charge is 2.29. The van der Waals surface area contributed by atoms with Crippen LogP contribution in [-0.4, -0.2) is 33.8 Å². The van der Waals surface area contributed by atoms with Crippen LogP contribution in [-0.2, 0) is 0 Å². The first-order valence-electron chi connectivity index (χ1n) is 6.92. The Balaban J connectivity index is 2.03. The molecule has 1 N–H and O–H groups in total. The lowest BCUT2D eigenvalue weighted by Crippen LogP contribution is -2.08. The van der Waals surface area contributed by atoms with Crippen molar-refractivity contribution in [1.82, 2.24) is 20.2 Å². The Labute approximate surface area is 136 Å². The van der Waals surface area contributed by atoms with Crippen LogP contribution < -0.4 is 10.1 Å². The molecule has 1 fully saturated rings. The topological polar surface area (TPSA) is 72.8 Å². The summed E-state index contributed by atoms with van der Waals surface area (Å²) in [4.78, 5) is 9.29. The molecule has 1 saturated carbocycles. The zero-order valence-corrected chi connectivity index (χ0v) is 14.1. The SMILES string of the molecule is CCNc1nc(-c2ccc(OC)nn2)nc(C2CC2)c1I. The van der Waals surface area contributed by atoms with Gasteiger partial charge in [-0.1, -0.05) is 0 Å². The van der Waals surface area contributed by atoms with Crippen molar-refractivity contribution in [3.05, 3.63) is 21.4 Å². The average Bonchev–Trinajstić information content (AvgIpc) is 3.34. The van der Waals surface area contributed by atoms with E-state index in [1.165, 1.54) is 12.8 Å². The molecular formula is C14H16IN5O. The quantitative estimate of drug-likeness (QED) is 0.783. The number of methoxy groups -OCH3 is 1. The Bertz CT molecular complexity index is 643. The van der Waals surface area contributed by atoms with Gasteiger partial charge in [-0.2, -0.15) is 0 Å². The number of halogens is 1. The Morgan fingerprint density at radius 1 is 1.29 bits per heavy atom. The fraction of sp³-hybridized carbons (Fsp3) is 0.429. The molecule has 0 spiro atoms. The summed E-state index contributed by atoms with van der Waals surface area (Å²) in [5, 5.41) is 11.4. The molecule has 0 aliphatic heterocycles. The lowest BCUT2D eigenvalue weighted by Gasteiger charge is -2.11. The number of ether oxygens (including phenoxy) is 1. The Morgan fingerprint density at radius 3 is 2.67 bits per heavy atom. The molecule has 7 heteroatoms. The summed E-state index contributed by atoms with van der Waals surface area (Å²) in [6.07, 6.45) is 2.40. The van der Waals surface area contributed by atoms with Gasteiger partial charge in [0.1, 0.15) is 11.5 Å². The van der Waals surface area contributed by atoms with Gasteiger partial charge in [-0.05, 0) is 48.4 Å². The van der Waals surface area contributed by atoms with Crippen molar-refractivity contribution in [2.24, 2.45) is 0 Å². The van der Waals surface area contributed by atoms with E-state index in [9.17, 15) is 0 Å². The second-order valence-electron chi connectivity index (χ2n) is 4.86. The van der Waals surface area contributed by atoms with Gasteiger partial charge in [0.2, 0.25) is 5.88 Å². The number of rotatable bonds is 5. The first kappa shape index (κ1) is 14.4. The van der Waals surface area contributed by atoms with Gasteiger partial charge in [0.05, 0.1) is 16.4 Å². The molecule has 0 unspecified atom stereocenters. The number of aromatic nitrogens is 4. The summed E-state index contributed by atoms with van der Waals surface area (Å²) in [5.41, 5.74) is 1.78. The van der Waals surface area contributed by atoms with E-state index in [-0.39, 0.29) is 0 Å². The van der Waals surface area contributed by atoms with Crippen LogP contribution in [0.3, 0.4) is 0 Å². The van der Waals surface area contributed by atoms with Crippen molar-refractivity contribution in [2.45, 2.75) is 25.7 Å². The van der Waals surface area contributed by atoms with Gasteiger partial charge in [0, 0.05) is 18.5 Å². The normalized spacial score (nSPS) is 14.0. The maximum absolute atomic E-state index is 5.03. The number of hydrogen-bond donors (Lipinski definition) is 1. The third-order valence-corrected chi connectivity index (χ3v) is 4.33. The van der Waals surface area contributed by atoms with E-state index < -0.39 is 0 Å². The number of nitrogens with zero attached hydrogens (tertiary/aromatic N) is 4. The molecule has 0 amide bonds. The second-order valence-corrected chi connectivity index (χ2v) is 5.94. The van der Waals surface area contributed by atoms with E-state index in [0.717, 1.165) is 21.6 Å². The van der Waals surface area contributed by atoms with Crippen molar-refractivity contribution in [3.63, 3.8) is 0 Å².